The minimum atomic E-state index is -1.22. The lowest BCUT2D eigenvalue weighted by Gasteiger charge is -2.14. The van der Waals surface area contributed by atoms with E-state index in [0.29, 0.717) is 18.9 Å². The molecule has 2 heterocycles. The molecule has 4 rings (SSSR count). The highest BCUT2D eigenvalue weighted by molar-refractivity contribution is 6.06. The number of hydrogen-bond donors (Lipinski definition) is 2. The molecule has 3 aromatic rings. The van der Waals surface area contributed by atoms with E-state index in [4.69, 9.17) is 9.47 Å². The number of carbonyl (C=O) groups is 3. The van der Waals surface area contributed by atoms with Gasteiger partial charge in [-0.15, -0.1) is 0 Å². The maximum Gasteiger partial charge on any atom is 0.338 e. The van der Waals surface area contributed by atoms with Crippen LogP contribution in [0.1, 0.15) is 35.2 Å². The first-order valence-corrected chi connectivity index (χ1v) is 12.5. The largest absolute Gasteiger partial charge is 0.491 e. The van der Waals surface area contributed by atoms with Gasteiger partial charge >= 0.3 is 11.9 Å². The number of aliphatic carboxylic acids is 1. The Balaban J connectivity index is 1.47. The first kappa shape index (κ1) is 28.9. The number of halogens is 2. The monoisotopic (exact) mass is 569 g/mol. The molecule has 0 saturated carbocycles. The number of nitrogens with one attached hydrogen (secondary N) is 1. The molecule has 0 atom stereocenters. The van der Waals surface area contributed by atoms with Crippen LogP contribution in [0.5, 0.6) is 5.75 Å². The fourth-order valence-electron chi connectivity index (χ4n) is 4.30. The third-order valence-electron chi connectivity index (χ3n) is 6.35. The van der Waals surface area contributed by atoms with E-state index in [9.17, 15) is 37.9 Å². The molecular formula is C28H25F2N3O8. The van der Waals surface area contributed by atoms with Crippen molar-refractivity contribution in [1.82, 2.24) is 14.3 Å². The molecule has 0 spiro atoms. The predicted octanol–water partition coefficient (Wildman–Crippen LogP) is 2.34. The second-order valence-corrected chi connectivity index (χ2v) is 8.98. The van der Waals surface area contributed by atoms with E-state index in [2.05, 4.69) is 5.32 Å². The average molecular weight is 570 g/mol. The topological polar surface area (TPSA) is 145 Å². The Hall–Kier alpha value is -5.07. The Morgan fingerprint density at radius 3 is 2.49 bits per heavy atom. The van der Waals surface area contributed by atoms with Crippen LogP contribution in [-0.2, 0) is 27.4 Å². The Kier molecular flexibility index (Phi) is 8.75. The number of allylic oxidation sites excluding steroid dienone is 2. The fourth-order valence-corrected chi connectivity index (χ4v) is 4.30. The van der Waals surface area contributed by atoms with Crippen LogP contribution in [0.25, 0.3) is 5.52 Å². The van der Waals surface area contributed by atoms with Crippen LogP contribution >= 0.6 is 0 Å². The van der Waals surface area contributed by atoms with Crippen LogP contribution in [0, 0.1) is 11.6 Å². The van der Waals surface area contributed by atoms with Gasteiger partial charge in [0.25, 0.3) is 11.5 Å². The van der Waals surface area contributed by atoms with Crippen LogP contribution in [0.4, 0.5) is 8.78 Å². The Labute approximate surface area is 230 Å². The van der Waals surface area contributed by atoms with Crippen molar-refractivity contribution in [2.75, 3.05) is 13.7 Å². The van der Waals surface area contributed by atoms with Crippen LogP contribution in [-0.4, -0.2) is 45.6 Å². The van der Waals surface area contributed by atoms with Gasteiger partial charge in [-0.25, -0.2) is 18.4 Å². The SMILES string of the molecule is COc1c(=O)c(C(=O)NCc2ccc(F)cc2F)cn2ccn(CCCOC(=O)C3=CCCC=C3C(=O)O)c(=O)c12. The standard InChI is InChI=1S/C28H25F2N3O8/c1-40-24-22-26(36)32(9-4-12-41-28(39)19-6-3-2-5-18(19)27(37)38)10-11-33(22)15-20(23(24)34)25(35)31-14-16-7-8-17(29)13-21(16)30/h5-8,10-11,13,15H,2-4,9,12,14H2,1H3,(H,31,35)(H,37,38). The smallest absolute Gasteiger partial charge is 0.338 e. The quantitative estimate of drug-likeness (QED) is 0.280. The second-order valence-electron chi connectivity index (χ2n) is 8.98. The predicted molar refractivity (Wildman–Crippen MR) is 141 cm³/mol. The number of benzene rings is 1. The highest BCUT2D eigenvalue weighted by atomic mass is 19.1. The lowest BCUT2D eigenvalue weighted by molar-refractivity contribution is -0.140. The molecule has 214 valence electrons. The van der Waals surface area contributed by atoms with E-state index < -0.39 is 40.5 Å². The van der Waals surface area contributed by atoms with E-state index in [-0.39, 0.29) is 59.7 Å². The number of carbonyl (C=O) groups excluding carboxylic acids is 2. The number of carboxylic acid groups (broad SMARTS) is 1. The lowest BCUT2D eigenvalue weighted by Crippen LogP contribution is -2.32. The van der Waals surface area contributed by atoms with E-state index in [1.807, 2.05) is 0 Å². The Bertz CT molecular complexity index is 1720. The van der Waals surface area contributed by atoms with Crippen molar-refractivity contribution in [1.29, 1.82) is 0 Å². The third kappa shape index (κ3) is 6.24. The highest BCUT2D eigenvalue weighted by Gasteiger charge is 2.23. The lowest BCUT2D eigenvalue weighted by atomic mass is 9.98. The Morgan fingerprint density at radius 2 is 1.80 bits per heavy atom. The number of esters is 1. The molecule has 1 aliphatic carbocycles. The molecule has 13 heteroatoms. The third-order valence-corrected chi connectivity index (χ3v) is 6.35. The Morgan fingerprint density at radius 1 is 1.07 bits per heavy atom. The normalized spacial score (nSPS) is 12.9. The van der Waals surface area contributed by atoms with Crippen molar-refractivity contribution in [2.45, 2.75) is 32.4 Å². The van der Waals surface area contributed by atoms with Gasteiger partial charge < -0.3 is 28.9 Å². The minimum absolute atomic E-state index is 0.00966. The minimum Gasteiger partial charge on any atom is -0.491 e. The molecule has 2 N–H and O–H groups in total. The van der Waals surface area contributed by atoms with E-state index in [0.717, 1.165) is 12.3 Å². The molecule has 0 saturated heterocycles. The number of hydrogen-bond acceptors (Lipinski definition) is 7. The number of pyridine rings is 1. The number of fused-ring (bicyclic) bond motifs is 1. The zero-order chi connectivity index (χ0) is 29.7. The number of rotatable bonds is 10. The van der Waals surface area contributed by atoms with Gasteiger partial charge in [-0.1, -0.05) is 18.2 Å². The molecule has 41 heavy (non-hydrogen) atoms. The first-order valence-electron chi connectivity index (χ1n) is 12.5. The van der Waals surface area contributed by atoms with Gasteiger partial charge in [-0.05, 0) is 25.3 Å². The summed E-state index contributed by atoms with van der Waals surface area (Å²) in [5, 5.41) is 11.7. The van der Waals surface area contributed by atoms with Crippen molar-refractivity contribution in [3.05, 3.63) is 103 Å². The summed E-state index contributed by atoms with van der Waals surface area (Å²) in [6.45, 7) is -0.322. The van der Waals surface area contributed by atoms with Crippen molar-refractivity contribution in [2.24, 2.45) is 0 Å². The zero-order valence-electron chi connectivity index (χ0n) is 21.8. The molecule has 1 aromatic carbocycles. The molecule has 0 radical (unpaired) electrons. The van der Waals surface area contributed by atoms with Crippen molar-refractivity contribution in [3.8, 4) is 5.75 Å². The molecule has 0 unspecified atom stereocenters. The summed E-state index contributed by atoms with van der Waals surface area (Å²) in [4.78, 5) is 62.6. The van der Waals surface area contributed by atoms with Crippen molar-refractivity contribution in [3.63, 3.8) is 0 Å². The van der Waals surface area contributed by atoms with Gasteiger partial charge in [-0.3, -0.25) is 14.4 Å². The summed E-state index contributed by atoms with van der Waals surface area (Å²) in [5.41, 5.74) is -2.09. The number of nitrogens with zero attached hydrogens (tertiary/aromatic N) is 2. The summed E-state index contributed by atoms with van der Waals surface area (Å²) < 4.78 is 39.9. The molecule has 11 nitrogen and oxygen atoms in total. The van der Waals surface area contributed by atoms with Gasteiger partial charge in [0, 0.05) is 43.3 Å². The summed E-state index contributed by atoms with van der Waals surface area (Å²) in [6.07, 6.45) is 8.19. The molecule has 0 bridgehead atoms. The van der Waals surface area contributed by atoms with Gasteiger partial charge in [0.05, 0.1) is 24.9 Å². The van der Waals surface area contributed by atoms with Crippen molar-refractivity contribution < 1.29 is 37.7 Å². The van der Waals surface area contributed by atoms with Gasteiger partial charge in [0.1, 0.15) is 17.2 Å². The molecule has 1 aliphatic rings. The highest BCUT2D eigenvalue weighted by Crippen LogP contribution is 2.20. The number of carboxylic acids is 1. The van der Waals surface area contributed by atoms with Crippen molar-refractivity contribution >= 4 is 23.4 Å². The summed E-state index contributed by atoms with van der Waals surface area (Å²) in [6, 6.07) is 2.87. The summed E-state index contributed by atoms with van der Waals surface area (Å²) >= 11 is 0. The van der Waals surface area contributed by atoms with Crippen LogP contribution < -0.4 is 21.0 Å². The molecule has 0 aliphatic heterocycles. The van der Waals surface area contributed by atoms with Gasteiger partial charge in [-0.2, -0.15) is 0 Å². The number of aromatic nitrogens is 2. The maximum absolute atomic E-state index is 13.9. The van der Waals surface area contributed by atoms with E-state index in [1.54, 1.807) is 0 Å². The van der Waals surface area contributed by atoms with Crippen LogP contribution in [0.2, 0.25) is 0 Å². The number of ether oxygens (including phenoxy) is 2. The second kappa shape index (κ2) is 12.4. The van der Waals surface area contributed by atoms with Crippen LogP contribution in [0.15, 0.2) is 69.7 Å². The molecular weight excluding hydrogens is 544 g/mol. The van der Waals surface area contributed by atoms with E-state index in [1.165, 1.54) is 46.7 Å². The molecule has 2 aromatic heterocycles. The average Bonchev–Trinajstić information content (AvgIpc) is 2.95. The zero-order valence-corrected chi connectivity index (χ0v) is 21.8. The van der Waals surface area contributed by atoms with Crippen LogP contribution in [0.3, 0.4) is 0 Å². The maximum atomic E-state index is 13.9. The first-order chi connectivity index (χ1) is 19.6. The number of aryl methyl sites for hydroxylation is 1. The number of amides is 1. The molecule has 1 amide bonds. The fraction of sp³-hybridized carbons (Fsp3) is 0.250. The number of methoxy groups -OCH3 is 1. The molecule has 0 fully saturated rings. The van der Waals surface area contributed by atoms with Gasteiger partial charge in [0.2, 0.25) is 5.43 Å². The van der Waals surface area contributed by atoms with E-state index >= 15 is 0 Å². The summed E-state index contributed by atoms with van der Waals surface area (Å²) in [5.74, 6) is -4.86. The van der Waals surface area contributed by atoms with Gasteiger partial charge in [0.15, 0.2) is 11.3 Å². The summed E-state index contributed by atoms with van der Waals surface area (Å²) in [7, 11) is 1.17.